The van der Waals surface area contributed by atoms with E-state index in [0.29, 0.717) is 5.75 Å². The maximum Gasteiger partial charge on any atom is 1.00 e. The molecule has 4 nitrogen and oxygen atoms in total. The first-order chi connectivity index (χ1) is 11.2. The Labute approximate surface area is 164 Å². The molecule has 0 N–H and O–H groups in total. The van der Waals surface area contributed by atoms with Crippen LogP contribution in [0.2, 0.25) is 0 Å². The van der Waals surface area contributed by atoms with Gasteiger partial charge in [0.05, 0.1) is 19.2 Å². The van der Waals surface area contributed by atoms with Crippen molar-refractivity contribution in [1.82, 2.24) is 0 Å². The van der Waals surface area contributed by atoms with Gasteiger partial charge in [-0.1, -0.05) is 30.3 Å². The molecule has 120 valence electrons. The Kier molecular flexibility index (Phi) is 6.72. The van der Waals surface area contributed by atoms with Crippen LogP contribution in [0.3, 0.4) is 0 Å². The summed E-state index contributed by atoms with van der Waals surface area (Å²) < 4.78 is 11.5. The van der Waals surface area contributed by atoms with E-state index >= 15 is 0 Å². The standard InChI is InChI=1S/C19H20O4.Na/c1-22-17-11-10-15(12-18(17)23-16-4-2-3-5-16)13-6-8-14(9-7-13)19(20)21;/h6-12,16H,2-5H2,1H3,(H,20,21);/q;+1/p-1. The van der Waals surface area contributed by atoms with Crippen molar-refractivity contribution in [3.05, 3.63) is 48.0 Å². The number of carbonyl (C=O) groups is 1. The van der Waals surface area contributed by atoms with Crippen LogP contribution in [0.4, 0.5) is 0 Å². The van der Waals surface area contributed by atoms with Gasteiger partial charge < -0.3 is 19.4 Å². The van der Waals surface area contributed by atoms with Crippen molar-refractivity contribution in [2.24, 2.45) is 0 Å². The molecular weight excluding hydrogens is 315 g/mol. The number of rotatable bonds is 5. The molecule has 0 atom stereocenters. The summed E-state index contributed by atoms with van der Waals surface area (Å²) in [6.07, 6.45) is 4.82. The monoisotopic (exact) mass is 334 g/mol. The van der Waals surface area contributed by atoms with Gasteiger partial charge in [0.2, 0.25) is 0 Å². The molecule has 1 saturated carbocycles. The van der Waals surface area contributed by atoms with Gasteiger partial charge in [-0.05, 0) is 54.5 Å². The van der Waals surface area contributed by atoms with Crippen molar-refractivity contribution >= 4 is 5.97 Å². The first kappa shape index (κ1) is 18.8. The summed E-state index contributed by atoms with van der Waals surface area (Å²) in [7, 11) is 1.63. The molecule has 0 aromatic heterocycles. The zero-order chi connectivity index (χ0) is 16.2. The second-order valence-electron chi connectivity index (χ2n) is 5.75. The fraction of sp³-hybridized carbons (Fsp3) is 0.316. The third kappa shape index (κ3) is 4.32. The molecule has 0 amide bonds. The van der Waals surface area contributed by atoms with Gasteiger partial charge in [0.25, 0.3) is 0 Å². The number of hydrogen-bond acceptors (Lipinski definition) is 4. The van der Waals surface area contributed by atoms with Gasteiger partial charge in [-0.15, -0.1) is 0 Å². The number of ether oxygens (including phenoxy) is 2. The van der Waals surface area contributed by atoms with Gasteiger partial charge in [-0.3, -0.25) is 0 Å². The van der Waals surface area contributed by atoms with E-state index in [0.717, 1.165) is 29.7 Å². The van der Waals surface area contributed by atoms with Gasteiger partial charge >= 0.3 is 29.6 Å². The minimum atomic E-state index is -1.17. The number of aromatic carboxylic acids is 1. The Morgan fingerprint density at radius 1 is 1.00 bits per heavy atom. The Morgan fingerprint density at radius 2 is 1.62 bits per heavy atom. The molecule has 3 rings (SSSR count). The van der Waals surface area contributed by atoms with Crippen LogP contribution in [-0.4, -0.2) is 19.2 Å². The van der Waals surface area contributed by atoms with Crippen molar-refractivity contribution in [1.29, 1.82) is 0 Å². The smallest absolute Gasteiger partial charge is 0.545 e. The summed E-state index contributed by atoms with van der Waals surface area (Å²) in [5.74, 6) is 0.282. The number of carbonyl (C=O) groups excluding carboxylic acids is 1. The Balaban J connectivity index is 0.00000208. The summed E-state index contributed by atoms with van der Waals surface area (Å²) in [5, 5.41) is 10.8. The predicted molar refractivity (Wildman–Crippen MR) is 85.6 cm³/mol. The molecule has 24 heavy (non-hydrogen) atoms. The second-order valence-corrected chi connectivity index (χ2v) is 5.75. The van der Waals surface area contributed by atoms with Crippen molar-refractivity contribution in [2.75, 3.05) is 7.11 Å². The van der Waals surface area contributed by atoms with E-state index in [1.54, 1.807) is 31.4 Å². The largest absolute Gasteiger partial charge is 1.00 e. The maximum absolute atomic E-state index is 10.8. The normalized spacial score (nSPS) is 14.0. The average molecular weight is 334 g/mol. The predicted octanol–water partition coefficient (Wildman–Crippen LogP) is 0.0511. The molecule has 0 heterocycles. The van der Waals surface area contributed by atoms with Gasteiger partial charge in [0.15, 0.2) is 11.5 Å². The third-order valence-electron chi connectivity index (χ3n) is 4.21. The summed E-state index contributed by atoms with van der Waals surface area (Å²) >= 11 is 0. The molecule has 0 bridgehead atoms. The Hall–Kier alpha value is -1.49. The summed E-state index contributed by atoms with van der Waals surface area (Å²) in [4.78, 5) is 10.8. The van der Waals surface area contributed by atoms with Crippen LogP contribution in [0.1, 0.15) is 36.0 Å². The van der Waals surface area contributed by atoms with Gasteiger partial charge in [0, 0.05) is 0 Å². The fourth-order valence-electron chi connectivity index (χ4n) is 2.93. The molecular formula is C19H19NaO4. The molecule has 1 aliphatic carbocycles. The minimum absolute atomic E-state index is 0. The second kappa shape index (κ2) is 8.56. The van der Waals surface area contributed by atoms with Gasteiger partial charge in [-0.25, -0.2) is 0 Å². The summed E-state index contributed by atoms with van der Waals surface area (Å²) in [6.45, 7) is 0. The van der Waals surface area contributed by atoms with E-state index in [9.17, 15) is 9.90 Å². The van der Waals surface area contributed by atoms with Crippen LogP contribution in [0, 0.1) is 0 Å². The molecule has 2 aromatic rings. The molecule has 0 radical (unpaired) electrons. The van der Waals surface area contributed by atoms with E-state index in [4.69, 9.17) is 9.47 Å². The van der Waals surface area contributed by atoms with Crippen LogP contribution < -0.4 is 44.1 Å². The number of carboxylic acid groups (broad SMARTS) is 1. The van der Waals surface area contributed by atoms with Crippen LogP contribution in [0.15, 0.2) is 42.5 Å². The van der Waals surface area contributed by atoms with E-state index in [1.807, 2.05) is 18.2 Å². The Morgan fingerprint density at radius 3 is 2.21 bits per heavy atom. The quantitative estimate of drug-likeness (QED) is 0.725. The van der Waals surface area contributed by atoms with Crippen molar-refractivity contribution < 1.29 is 48.9 Å². The van der Waals surface area contributed by atoms with E-state index < -0.39 is 5.97 Å². The zero-order valence-corrected chi connectivity index (χ0v) is 16.1. The first-order valence-electron chi connectivity index (χ1n) is 7.84. The van der Waals surface area contributed by atoms with Crippen molar-refractivity contribution in [3.63, 3.8) is 0 Å². The molecule has 0 aliphatic heterocycles. The molecule has 2 aromatic carbocycles. The molecule has 5 heteroatoms. The number of hydrogen-bond donors (Lipinski definition) is 0. The topological polar surface area (TPSA) is 58.6 Å². The van der Waals surface area contributed by atoms with Crippen LogP contribution in [0.5, 0.6) is 11.5 Å². The molecule has 1 fully saturated rings. The van der Waals surface area contributed by atoms with E-state index in [1.165, 1.54) is 12.8 Å². The minimum Gasteiger partial charge on any atom is -0.545 e. The van der Waals surface area contributed by atoms with Crippen molar-refractivity contribution in [2.45, 2.75) is 31.8 Å². The fourth-order valence-corrected chi connectivity index (χ4v) is 2.93. The summed E-state index contributed by atoms with van der Waals surface area (Å²) in [6, 6.07) is 12.4. The first-order valence-corrected chi connectivity index (χ1v) is 7.84. The zero-order valence-electron chi connectivity index (χ0n) is 14.1. The van der Waals surface area contributed by atoms with Crippen molar-refractivity contribution in [3.8, 4) is 22.6 Å². The molecule has 0 spiro atoms. The molecule has 0 unspecified atom stereocenters. The van der Waals surface area contributed by atoms with E-state index in [-0.39, 0.29) is 41.2 Å². The summed E-state index contributed by atoms with van der Waals surface area (Å²) in [5.41, 5.74) is 2.06. The van der Waals surface area contributed by atoms with Gasteiger partial charge in [0.1, 0.15) is 0 Å². The molecule has 1 aliphatic rings. The maximum atomic E-state index is 10.8. The average Bonchev–Trinajstić information content (AvgIpc) is 3.08. The van der Waals surface area contributed by atoms with Crippen LogP contribution in [0.25, 0.3) is 11.1 Å². The van der Waals surface area contributed by atoms with Crippen LogP contribution >= 0.6 is 0 Å². The Bertz CT molecular complexity index is 691. The SMILES string of the molecule is COc1ccc(-c2ccc(C(=O)[O-])cc2)cc1OC1CCCC1.[Na+]. The molecule has 0 saturated heterocycles. The number of benzene rings is 2. The number of methoxy groups -OCH3 is 1. The number of carboxylic acids is 1. The van der Waals surface area contributed by atoms with E-state index in [2.05, 4.69) is 0 Å². The van der Waals surface area contributed by atoms with Gasteiger partial charge in [-0.2, -0.15) is 0 Å². The van der Waals surface area contributed by atoms with Crippen LogP contribution in [-0.2, 0) is 0 Å². The third-order valence-corrected chi connectivity index (χ3v) is 4.21.